The standard InChI is InChI=1S/C16H25N3O/c17-16(19-20)15-9-3-7-14(11-15)12-18-10-4-8-13-5-1-2-6-13/h3,7,9,11,13,18,20H,1-2,4-6,8,10,12H2,(H2,17,19). The first-order valence-electron chi connectivity index (χ1n) is 7.57. The van der Waals surface area contributed by atoms with Crippen molar-refractivity contribution in [1.82, 2.24) is 5.32 Å². The number of nitrogens with two attached hydrogens (primary N) is 1. The Kier molecular flexibility index (Phi) is 5.87. The van der Waals surface area contributed by atoms with Gasteiger partial charge in [-0.2, -0.15) is 0 Å². The lowest BCUT2D eigenvalue weighted by Crippen LogP contribution is -2.17. The lowest BCUT2D eigenvalue weighted by atomic mass is 10.0. The third-order valence-corrected chi connectivity index (χ3v) is 4.10. The number of hydrogen-bond acceptors (Lipinski definition) is 3. The Morgan fingerprint density at radius 3 is 2.90 bits per heavy atom. The summed E-state index contributed by atoms with van der Waals surface area (Å²) in [5.41, 5.74) is 7.51. The normalized spacial score (nSPS) is 16.7. The lowest BCUT2D eigenvalue weighted by Gasteiger charge is -2.09. The van der Waals surface area contributed by atoms with Crippen LogP contribution in [0.2, 0.25) is 0 Å². The van der Waals surface area contributed by atoms with Crippen molar-refractivity contribution in [3.05, 3.63) is 35.4 Å². The summed E-state index contributed by atoms with van der Waals surface area (Å²) >= 11 is 0. The largest absolute Gasteiger partial charge is 0.409 e. The van der Waals surface area contributed by atoms with Crippen LogP contribution >= 0.6 is 0 Å². The summed E-state index contributed by atoms with van der Waals surface area (Å²) in [6, 6.07) is 7.79. The molecule has 1 aromatic rings. The van der Waals surface area contributed by atoms with Crippen LogP contribution < -0.4 is 11.1 Å². The SMILES string of the molecule is N/C(=N/O)c1cccc(CNCCCC2CCCC2)c1. The van der Waals surface area contributed by atoms with Crippen molar-refractivity contribution in [3.8, 4) is 0 Å². The molecule has 20 heavy (non-hydrogen) atoms. The second kappa shape index (κ2) is 7.90. The molecule has 4 heteroatoms. The minimum Gasteiger partial charge on any atom is -0.409 e. The van der Waals surface area contributed by atoms with E-state index < -0.39 is 0 Å². The second-order valence-corrected chi connectivity index (χ2v) is 5.66. The van der Waals surface area contributed by atoms with E-state index in [1.54, 1.807) is 0 Å². The van der Waals surface area contributed by atoms with E-state index in [-0.39, 0.29) is 5.84 Å². The lowest BCUT2D eigenvalue weighted by molar-refractivity contribution is 0.318. The first-order valence-corrected chi connectivity index (χ1v) is 7.57. The van der Waals surface area contributed by atoms with Crippen LogP contribution in [0.25, 0.3) is 0 Å². The summed E-state index contributed by atoms with van der Waals surface area (Å²) in [4.78, 5) is 0. The molecule has 4 nitrogen and oxygen atoms in total. The maximum absolute atomic E-state index is 8.68. The molecule has 0 heterocycles. The summed E-state index contributed by atoms with van der Waals surface area (Å²) in [6.07, 6.45) is 8.34. The van der Waals surface area contributed by atoms with E-state index in [0.717, 1.165) is 30.1 Å². The molecule has 0 spiro atoms. The number of hydrogen-bond donors (Lipinski definition) is 3. The predicted octanol–water partition coefficient (Wildman–Crippen LogP) is 2.84. The fourth-order valence-electron chi connectivity index (χ4n) is 2.95. The Labute approximate surface area is 121 Å². The molecule has 1 aliphatic rings. The molecular weight excluding hydrogens is 250 g/mol. The molecule has 0 bridgehead atoms. The quantitative estimate of drug-likeness (QED) is 0.235. The van der Waals surface area contributed by atoms with Gasteiger partial charge in [-0.25, -0.2) is 0 Å². The van der Waals surface area contributed by atoms with Gasteiger partial charge in [-0.05, 0) is 36.9 Å². The van der Waals surface area contributed by atoms with Gasteiger partial charge in [0.2, 0.25) is 0 Å². The van der Waals surface area contributed by atoms with E-state index in [4.69, 9.17) is 10.9 Å². The molecule has 1 aliphatic carbocycles. The number of nitrogens with zero attached hydrogens (tertiary/aromatic N) is 1. The highest BCUT2D eigenvalue weighted by Crippen LogP contribution is 2.28. The van der Waals surface area contributed by atoms with Gasteiger partial charge in [-0.3, -0.25) is 0 Å². The van der Waals surface area contributed by atoms with Crippen molar-refractivity contribution < 1.29 is 5.21 Å². The average molecular weight is 275 g/mol. The van der Waals surface area contributed by atoms with Crippen molar-refractivity contribution >= 4 is 5.84 Å². The predicted molar refractivity (Wildman–Crippen MR) is 81.9 cm³/mol. The minimum atomic E-state index is 0.160. The molecular formula is C16H25N3O. The van der Waals surface area contributed by atoms with Gasteiger partial charge in [0, 0.05) is 12.1 Å². The van der Waals surface area contributed by atoms with Crippen LogP contribution in [-0.4, -0.2) is 17.6 Å². The van der Waals surface area contributed by atoms with Crippen LogP contribution in [0.15, 0.2) is 29.4 Å². The highest BCUT2D eigenvalue weighted by Gasteiger charge is 2.13. The molecule has 1 saturated carbocycles. The average Bonchev–Trinajstić information content (AvgIpc) is 2.99. The molecule has 0 amide bonds. The van der Waals surface area contributed by atoms with Gasteiger partial charge in [0.05, 0.1) is 0 Å². The Balaban J connectivity index is 1.68. The van der Waals surface area contributed by atoms with Crippen LogP contribution in [0.1, 0.15) is 49.7 Å². The van der Waals surface area contributed by atoms with E-state index in [1.165, 1.54) is 38.5 Å². The Morgan fingerprint density at radius 2 is 2.15 bits per heavy atom. The van der Waals surface area contributed by atoms with Gasteiger partial charge in [-0.1, -0.05) is 49.0 Å². The molecule has 0 saturated heterocycles. The summed E-state index contributed by atoms with van der Waals surface area (Å²) in [7, 11) is 0. The summed E-state index contributed by atoms with van der Waals surface area (Å²) in [6.45, 7) is 1.89. The molecule has 4 N–H and O–H groups in total. The Morgan fingerprint density at radius 1 is 1.35 bits per heavy atom. The van der Waals surface area contributed by atoms with Gasteiger partial charge in [0.25, 0.3) is 0 Å². The number of nitrogens with one attached hydrogen (secondary N) is 1. The molecule has 0 atom stereocenters. The van der Waals surface area contributed by atoms with Crippen LogP contribution in [0.5, 0.6) is 0 Å². The maximum Gasteiger partial charge on any atom is 0.170 e. The fraction of sp³-hybridized carbons (Fsp3) is 0.562. The molecule has 0 unspecified atom stereocenters. The summed E-state index contributed by atoms with van der Waals surface area (Å²) < 4.78 is 0. The maximum atomic E-state index is 8.68. The third kappa shape index (κ3) is 4.53. The molecule has 1 aromatic carbocycles. The van der Waals surface area contributed by atoms with Gasteiger partial charge < -0.3 is 16.3 Å². The third-order valence-electron chi connectivity index (χ3n) is 4.10. The van der Waals surface area contributed by atoms with Gasteiger partial charge in [0.15, 0.2) is 5.84 Å². The zero-order valence-electron chi connectivity index (χ0n) is 12.0. The number of rotatable bonds is 7. The van der Waals surface area contributed by atoms with Crippen LogP contribution in [-0.2, 0) is 6.54 Å². The first-order chi connectivity index (χ1) is 9.79. The minimum absolute atomic E-state index is 0.160. The summed E-state index contributed by atoms with van der Waals surface area (Å²) in [5.74, 6) is 1.13. The number of amidine groups is 1. The first kappa shape index (κ1) is 14.9. The van der Waals surface area contributed by atoms with Gasteiger partial charge in [-0.15, -0.1) is 0 Å². The van der Waals surface area contributed by atoms with Gasteiger partial charge in [0.1, 0.15) is 0 Å². The fourth-order valence-corrected chi connectivity index (χ4v) is 2.95. The topological polar surface area (TPSA) is 70.6 Å². The zero-order valence-corrected chi connectivity index (χ0v) is 12.0. The van der Waals surface area contributed by atoms with E-state index >= 15 is 0 Å². The molecule has 2 rings (SSSR count). The zero-order chi connectivity index (χ0) is 14.2. The van der Waals surface area contributed by atoms with Gasteiger partial charge >= 0.3 is 0 Å². The van der Waals surface area contributed by atoms with Crippen molar-refractivity contribution in [3.63, 3.8) is 0 Å². The Bertz CT molecular complexity index is 439. The summed E-state index contributed by atoms with van der Waals surface area (Å²) in [5, 5.41) is 15.2. The molecule has 0 radical (unpaired) electrons. The van der Waals surface area contributed by atoms with Crippen molar-refractivity contribution in [2.45, 2.75) is 45.1 Å². The smallest absolute Gasteiger partial charge is 0.170 e. The van der Waals surface area contributed by atoms with Crippen LogP contribution in [0.3, 0.4) is 0 Å². The van der Waals surface area contributed by atoms with Crippen molar-refractivity contribution in [1.29, 1.82) is 0 Å². The highest BCUT2D eigenvalue weighted by atomic mass is 16.4. The Hall–Kier alpha value is -1.55. The van der Waals surface area contributed by atoms with Crippen molar-refractivity contribution in [2.24, 2.45) is 16.8 Å². The second-order valence-electron chi connectivity index (χ2n) is 5.66. The van der Waals surface area contributed by atoms with Crippen molar-refractivity contribution in [2.75, 3.05) is 6.54 Å². The molecule has 110 valence electrons. The molecule has 0 aromatic heterocycles. The molecule has 1 fully saturated rings. The highest BCUT2D eigenvalue weighted by molar-refractivity contribution is 5.97. The van der Waals surface area contributed by atoms with Crippen LogP contribution in [0, 0.1) is 5.92 Å². The number of oxime groups is 1. The van der Waals surface area contributed by atoms with E-state index in [9.17, 15) is 0 Å². The molecule has 0 aliphatic heterocycles. The van der Waals surface area contributed by atoms with E-state index in [0.29, 0.717) is 0 Å². The monoisotopic (exact) mass is 275 g/mol. The number of benzene rings is 1. The van der Waals surface area contributed by atoms with E-state index in [2.05, 4.69) is 16.5 Å². The van der Waals surface area contributed by atoms with E-state index in [1.807, 2.05) is 18.2 Å². The van der Waals surface area contributed by atoms with Crippen LogP contribution in [0.4, 0.5) is 0 Å².